The number of carbonyl (C=O) groups is 3. The largest absolute Gasteiger partial charge is 0.481 e. The standard InChI is InChI=1S/C21H26N2O6/c1-14(2)13-23(10-9-19(24)25)21(28)22-17(20(26)27)12-15-5-7-16(8-6-15)18-4-3-11-29-18/h3-8,11,14,17H,9-10,12-13H2,1-2H3,(H,22,28)(H,24,25)(H,26,27). The molecule has 1 unspecified atom stereocenters. The topological polar surface area (TPSA) is 120 Å². The van der Waals surface area contributed by atoms with Crippen LogP contribution in [-0.2, 0) is 16.0 Å². The Labute approximate surface area is 169 Å². The van der Waals surface area contributed by atoms with Crippen LogP contribution in [0.15, 0.2) is 47.1 Å². The van der Waals surface area contributed by atoms with Crippen molar-refractivity contribution in [3.8, 4) is 11.3 Å². The highest BCUT2D eigenvalue weighted by atomic mass is 16.4. The maximum absolute atomic E-state index is 12.6. The van der Waals surface area contributed by atoms with Crippen LogP contribution >= 0.6 is 0 Å². The Kier molecular flexibility index (Phi) is 7.82. The van der Waals surface area contributed by atoms with Crippen LogP contribution < -0.4 is 5.32 Å². The molecule has 1 aromatic heterocycles. The number of benzene rings is 1. The zero-order chi connectivity index (χ0) is 21.4. The molecule has 0 radical (unpaired) electrons. The first-order chi connectivity index (χ1) is 13.8. The fraction of sp³-hybridized carbons (Fsp3) is 0.381. The highest BCUT2D eigenvalue weighted by molar-refractivity contribution is 5.83. The molecule has 0 aliphatic carbocycles. The summed E-state index contributed by atoms with van der Waals surface area (Å²) in [5.41, 5.74) is 1.61. The maximum atomic E-state index is 12.6. The van der Waals surface area contributed by atoms with Gasteiger partial charge in [0.1, 0.15) is 11.8 Å². The van der Waals surface area contributed by atoms with Gasteiger partial charge in [-0.3, -0.25) is 4.79 Å². The Hall–Kier alpha value is -3.29. The van der Waals surface area contributed by atoms with Gasteiger partial charge in [0.25, 0.3) is 0 Å². The first kappa shape index (κ1) is 22.0. The maximum Gasteiger partial charge on any atom is 0.326 e. The third-order valence-corrected chi connectivity index (χ3v) is 4.26. The van der Waals surface area contributed by atoms with E-state index in [1.807, 2.05) is 32.0 Å². The van der Waals surface area contributed by atoms with E-state index >= 15 is 0 Å². The number of carboxylic acid groups (broad SMARTS) is 2. The second kappa shape index (κ2) is 10.3. The highest BCUT2D eigenvalue weighted by Gasteiger charge is 2.24. The Morgan fingerprint density at radius 2 is 1.79 bits per heavy atom. The molecular formula is C21H26N2O6. The summed E-state index contributed by atoms with van der Waals surface area (Å²) in [5, 5.41) is 20.9. The van der Waals surface area contributed by atoms with E-state index in [9.17, 15) is 19.5 Å². The zero-order valence-electron chi connectivity index (χ0n) is 16.5. The number of rotatable bonds is 10. The number of aliphatic carboxylic acids is 2. The minimum Gasteiger partial charge on any atom is -0.481 e. The van der Waals surface area contributed by atoms with Crippen molar-refractivity contribution in [2.24, 2.45) is 5.92 Å². The predicted molar refractivity (Wildman–Crippen MR) is 106 cm³/mol. The van der Waals surface area contributed by atoms with Gasteiger partial charge in [0.2, 0.25) is 0 Å². The Bertz CT molecular complexity index is 814. The molecule has 29 heavy (non-hydrogen) atoms. The molecule has 1 atom stereocenters. The van der Waals surface area contributed by atoms with Crippen LogP contribution in [0, 0.1) is 5.92 Å². The van der Waals surface area contributed by atoms with Gasteiger partial charge in [0, 0.05) is 25.1 Å². The predicted octanol–water partition coefficient (Wildman–Crippen LogP) is 3.08. The van der Waals surface area contributed by atoms with Crippen molar-refractivity contribution in [3.05, 3.63) is 48.2 Å². The second-order valence-electron chi connectivity index (χ2n) is 7.20. The second-order valence-corrected chi connectivity index (χ2v) is 7.20. The lowest BCUT2D eigenvalue weighted by Gasteiger charge is -2.26. The van der Waals surface area contributed by atoms with Gasteiger partial charge in [0.05, 0.1) is 12.7 Å². The van der Waals surface area contributed by atoms with E-state index < -0.39 is 24.0 Å². The quantitative estimate of drug-likeness (QED) is 0.562. The van der Waals surface area contributed by atoms with Crippen molar-refractivity contribution in [3.63, 3.8) is 0 Å². The van der Waals surface area contributed by atoms with Crippen molar-refractivity contribution in [1.82, 2.24) is 10.2 Å². The molecule has 1 aromatic carbocycles. The van der Waals surface area contributed by atoms with Gasteiger partial charge in [-0.1, -0.05) is 38.1 Å². The summed E-state index contributed by atoms with van der Waals surface area (Å²) in [5.74, 6) is -1.34. The summed E-state index contributed by atoms with van der Waals surface area (Å²) in [4.78, 5) is 36.4. The van der Waals surface area contributed by atoms with Gasteiger partial charge < -0.3 is 24.8 Å². The summed E-state index contributed by atoms with van der Waals surface area (Å²) < 4.78 is 5.33. The van der Waals surface area contributed by atoms with Gasteiger partial charge in [-0.15, -0.1) is 0 Å². The molecule has 1 heterocycles. The Balaban J connectivity index is 2.04. The van der Waals surface area contributed by atoms with Crippen LogP contribution in [0.3, 0.4) is 0 Å². The van der Waals surface area contributed by atoms with E-state index in [0.29, 0.717) is 12.3 Å². The molecule has 3 N–H and O–H groups in total. The van der Waals surface area contributed by atoms with Crippen LogP contribution in [0.5, 0.6) is 0 Å². The van der Waals surface area contributed by atoms with Crippen molar-refractivity contribution >= 4 is 18.0 Å². The number of hydrogen-bond donors (Lipinski definition) is 3. The number of amides is 2. The number of hydrogen-bond acceptors (Lipinski definition) is 4. The molecule has 0 saturated carbocycles. The summed E-state index contributed by atoms with van der Waals surface area (Å²) >= 11 is 0. The highest BCUT2D eigenvalue weighted by Crippen LogP contribution is 2.20. The lowest BCUT2D eigenvalue weighted by molar-refractivity contribution is -0.139. The molecule has 0 bridgehead atoms. The molecule has 0 aliphatic heterocycles. The van der Waals surface area contributed by atoms with Crippen molar-refractivity contribution in [2.75, 3.05) is 13.1 Å². The number of carboxylic acids is 2. The fourth-order valence-electron chi connectivity index (χ4n) is 2.87. The van der Waals surface area contributed by atoms with Gasteiger partial charge >= 0.3 is 18.0 Å². The third-order valence-electron chi connectivity index (χ3n) is 4.26. The Morgan fingerprint density at radius 3 is 2.31 bits per heavy atom. The SMILES string of the molecule is CC(C)CN(CCC(=O)O)C(=O)NC(Cc1ccc(-c2ccco2)cc1)C(=O)O. The van der Waals surface area contributed by atoms with E-state index in [1.54, 1.807) is 24.5 Å². The summed E-state index contributed by atoms with van der Waals surface area (Å²) in [6.07, 6.45) is 1.48. The number of carbonyl (C=O) groups excluding carboxylic acids is 1. The van der Waals surface area contributed by atoms with Crippen LogP contribution in [0.2, 0.25) is 0 Å². The van der Waals surface area contributed by atoms with Gasteiger partial charge in [-0.2, -0.15) is 0 Å². The molecule has 0 aliphatic rings. The first-order valence-electron chi connectivity index (χ1n) is 9.39. The molecule has 8 heteroatoms. The van der Waals surface area contributed by atoms with Crippen molar-refractivity contribution < 1.29 is 29.0 Å². The number of nitrogens with one attached hydrogen (secondary N) is 1. The van der Waals surface area contributed by atoms with Crippen LogP contribution in [-0.4, -0.2) is 52.2 Å². The number of urea groups is 1. The van der Waals surface area contributed by atoms with Crippen LogP contribution in [0.1, 0.15) is 25.8 Å². The van der Waals surface area contributed by atoms with Crippen LogP contribution in [0.4, 0.5) is 4.79 Å². The monoisotopic (exact) mass is 402 g/mol. The summed E-state index contributed by atoms with van der Waals surface area (Å²) in [6.45, 7) is 4.15. The van der Waals surface area contributed by atoms with Crippen molar-refractivity contribution in [1.29, 1.82) is 0 Å². The lowest BCUT2D eigenvalue weighted by Crippen LogP contribution is -2.50. The minimum atomic E-state index is -1.16. The number of nitrogens with zero attached hydrogens (tertiary/aromatic N) is 1. The van der Waals surface area contributed by atoms with Gasteiger partial charge in [-0.25, -0.2) is 9.59 Å². The Morgan fingerprint density at radius 1 is 1.10 bits per heavy atom. The van der Waals surface area contributed by atoms with E-state index in [-0.39, 0.29) is 25.3 Å². The fourth-order valence-corrected chi connectivity index (χ4v) is 2.87. The minimum absolute atomic E-state index is 0.0174. The molecule has 0 spiro atoms. The molecular weight excluding hydrogens is 376 g/mol. The van der Waals surface area contributed by atoms with E-state index in [1.165, 1.54) is 4.90 Å². The summed E-state index contributed by atoms with van der Waals surface area (Å²) in [6, 6.07) is 9.13. The smallest absolute Gasteiger partial charge is 0.326 e. The molecule has 2 rings (SSSR count). The molecule has 2 amide bonds. The molecule has 2 aromatic rings. The van der Waals surface area contributed by atoms with Gasteiger partial charge in [0.15, 0.2) is 0 Å². The van der Waals surface area contributed by atoms with Crippen LogP contribution in [0.25, 0.3) is 11.3 Å². The van der Waals surface area contributed by atoms with Crippen molar-refractivity contribution in [2.45, 2.75) is 32.7 Å². The van der Waals surface area contributed by atoms with Gasteiger partial charge in [-0.05, 0) is 23.6 Å². The molecule has 0 fully saturated rings. The van der Waals surface area contributed by atoms with E-state index in [4.69, 9.17) is 9.52 Å². The normalized spacial score (nSPS) is 11.8. The zero-order valence-corrected chi connectivity index (χ0v) is 16.5. The lowest BCUT2D eigenvalue weighted by atomic mass is 10.0. The average molecular weight is 402 g/mol. The van der Waals surface area contributed by atoms with E-state index in [0.717, 1.165) is 11.1 Å². The summed E-state index contributed by atoms with van der Waals surface area (Å²) in [7, 11) is 0. The molecule has 156 valence electrons. The number of furan rings is 1. The third kappa shape index (κ3) is 6.99. The molecule has 0 saturated heterocycles. The average Bonchev–Trinajstić information content (AvgIpc) is 3.19. The van der Waals surface area contributed by atoms with E-state index in [2.05, 4.69) is 5.32 Å². The first-order valence-corrected chi connectivity index (χ1v) is 9.39. The molecule has 8 nitrogen and oxygen atoms in total.